The Morgan fingerprint density at radius 3 is 2.24 bits per heavy atom. The Hall–Kier alpha value is -5.23. The van der Waals surface area contributed by atoms with Crippen LogP contribution in [0.1, 0.15) is 38.3 Å². The first kappa shape index (κ1) is 25.9. The predicted octanol–water partition coefficient (Wildman–Crippen LogP) is 3.51. The van der Waals surface area contributed by atoms with Crippen molar-refractivity contribution in [1.82, 2.24) is 10.2 Å². The molecule has 3 aromatic carbocycles. The standard InChI is InChI=1S/C29H23N3O6/c1-37-25-16-20(15-21(17-30)27(34)31-18-19-7-3-2-4-8-19)11-12-24(25)38-26(33)13-14-32-28(35)22-9-5-6-10-23(22)29(32)36/h2-12,15-16H,13-14,18H2,1H3,(H,31,34)/b21-15+. The van der Waals surface area contributed by atoms with E-state index in [0.717, 1.165) is 10.5 Å². The largest absolute Gasteiger partial charge is 0.493 e. The summed E-state index contributed by atoms with van der Waals surface area (Å²) in [6.45, 7) is 0.148. The van der Waals surface area contributed by atoms with Gasteiger partial charge in [0.1, 0.15) is 11.6 Å². The first-order chi connectivity index (χ1) is 18.4. The van der Waals surface area contributed by atoms with Crippen LogP contribution in [0.2, 0.25) is 0 Å². The second-order valence-corrected chi connectivity index (χ2v) is 8.28. The molecule has 0 saturated carbocycles. The fraction of sp³-hybridized carbons (Fsp3) is 0.138. The Kier molecular flexibility index (Phi) is 7.94. The molecule has 1 aliphatic heterocycles. The number of hydrogen-bond acceptors (Lipinski definition) is 7. The number of carbonyl (C=O) groups excluding carboxylic acids is 4. The van der Waals surface area contributed by atoms with Gasteiger partial charge in [0.05, 0.1) is 24.7 Å². The molecule has 0 bridgehead atoms. The van der Waals surface area contributed by atoms with Crippen LogP contribution in [-0.2, 0) is 16.1 Å². The summed E-state index contributed by atoms with van der Waals surface area (Å²) in [6.07, 6.45) is 1.19. The molecule has 9 heteroatoms. The zero-order valence-electron chi connectivity index (χ0n) is 20.5. The van der Waals surface area contributed by atoms with Crippen molar-refractivity contribution in [1.29, 1.82) is 5.26 Å². The van der Waals surface area contributed by atoms with Crippen LogP contribution < -0.4 is 14.8 Å². The highest BCUT2D eigenvalue weighted by Gasteiger charge is 2.35. The van der Waals surface area contributed by atoms with Crippen LogP contribution in [0.25, 0.3) is 6.08 Å². The Bertz CT molecular complexity index is 1440. The van der Waals surface area contributed by atoms with Gasteiger partial charge in [-0.15, -0.1) is 0 Å². The number of hydrogen-bond donors (Lipinski definition) is 1. The van der Waals surface area contributed by atoms with Crippen molar-refractivity contribution in [2.75, 3.05) is 13.7 Å². The molecule has 38 heavy (non-hydrogen) atoms. The van der Waals surface area contributed by atoms with Crippen molar-refractivity contribution in [2.45, 2.75) is 13.0 Å². The van der Waals surface area contributed by atoms with Crippen LogP contribution >= 0.6 is 0 Å². The number of nitriles is 1. The number of esters is 1. The summed E-state index contributed by atoms with van der Waals surface area (Å²) in [5.74, 6) is -1.78. The maximum Gasteiger partial charge on any atom is 0.313 e. The number of amides is 3. The van der Waals surface area contributed by atoms with Gasteiger partial charge in [-0.05, 0) is 41.5 Å². The minimum Gasteiger partial charge on any atom is -0.493 e. The fourth-order valence-electron chi connectivity index (χ4n) is 3.87. The topological polar surface area (TPSA) is 126 Å². The predicted molar refractivity (Wildman–Crippen MR) is 137 cm³/mol. The van der Waals surface area contributed by atoms with E-state index in [0.29, 0.717) is 16.7 Å². The third-order valence-electron chi connectivity index (χ3n) is 5.80. The molecule has 0 aromatic heterocycles. The lowest BCUT2D eigenvalue weighted by atomic mass is 10.1. The number of imide groups is 1. The van der Waals surface area contributed by atoms with Crippen molar-refractivity contribution < 1.29 is 28.7 Å². The second kappa shape index (κ2) is 11.7. The van der Waals surface area contributed by atoms with Gasteiger partial charge >= 0.3 is 5.97 Å². The lowest BCUT2D eigenvalue weighted by Crippen LogP contribution is -2.32. The average molecular weight is 510 g/mol. The molecule has 1 heterocycles. The number of fused-ring (bicyclic) bond motifs is 1. The van der Waals surface area contributed by atoms with E-state index >= 15 is 0 Å². The van der Waals surface area contributed by atoms with Crippen LogP contribution in [0.4, 0.5) is 0 Å². The Morgan fingerprint density at radius 2 is 1.61 bits per heavy atom. The van der Waals surface area contributed by atoms with E-state index in [2.05, 4.69) is 5.32 Å². The zero-order valence-corrected chi connectivity index (χ0v) is 20.5. The zero-order chi connectivity index (χ0) is 27.1. The SMILES string of the molecule is COc1cc(/C=C(\C#N)C(=O)NCc2ccccc2)ccc1OC(=O)CCN1C(=O)c2ccccc2C1=O. The normalized spacial score (nSPS) is 12.5. The first-order valence-corrected chi connectivity index (χ1v) is 11.7. The molecular formula is C29H23N3O6. The lowest BCUT2D eigenvalue weighted by Gasteiger charge is -2.14. The second-order valence-electron chi connectivity index (χ2n) is 8.28. The molecule has 0 aliphatic carbocycles. The van der Waals surface area contributed by atoms with Crippen molar-refractivity contribution >= 4 is 29.8 Å². The molecule has 4 rings (SSSR count). The summed E-state index contributed by atoms with van der Waals surface area (Å²) in [5, 5.41) is 12.2. The molecule has 1 N–H and O–H groups in total. The molecule has 0 radical (unpaired) electrons. The number of nitrogens with zero attached hydrogens (tertiary/aromatic N) is 2. The molecule has 0 atom stereocenters. The van der Waals surface area contributed by atoms with Crippen LogP contribution in [0.5, 0.6) is 11.5 Å². The van der Waals surface area contributed by atoms with Gasteiger partial charge in [0.15, 0.2) is 11.5 Å². The number of methoxy groups -OCH3 is 1. The Morgan fingerprint density at radius 1 is 0.947 bits per heavy atom. The molecule has 0 spiro atoms. The molecule has 3 aromatic rings. The highest BCUT2D eigenvalue weighted by atomic mass is 16.6. The van der Waals surface area contributed by atoms with Gasteiger partial charge in [-0.1, -0.05) is 48.5 Å². The number of rotatable bonds is 9. The molecule has 9 nitrogen and oxygen atoms in total. The summed E-state index contributed by atoms with van der Waals surface area (Å²) in [4.78, 5) is 50.9. The minimum atomic E-state index is -0.666. The van der Waals surface area contributed by atoms with Gasteiger partial charge in [-0.25, -0.2) is 0 Å². The van der Waals surface area contributed by atoms with E-state index in [1.807, 2.05) is 36.4 Å². The molecular weight excluding hydrogens is 486 g/mol. The third kappa shape index (κ3) is 5.77. The maximum atomic E-state index is 12.5. The van der Waals surface area contributed by atoms with E-state index < -0.39 is 23.7 Å². The van der Waals surface area contributed by atoms with Crippen molar-refractivity contribution in [3.8, 4) is 17.6 Å². The molecule has 0 unspecified atom stereocenters. The van der Waals surface area contributed by atoms with E-state index in [1.54, 1.807) is 30.3 Å². The first-order valence-electron chi connectivity index (χ1n) is 11.7. The van der Waals surface area contributed by atoms with Gasteiger partial charge in [0.25, 0.3) is 17.7 Å². The van der Waals surface area contributed by atoms with Crippen LogP contribution in [0.3, 0.4) is 0 Å². The van der Waals surface area contributed by atoms with Gasteiger partial charge in [0, 0.05) is 13.1 Å². The molecule has 190 valence electrons. The van der Waals surface area contributed by atoms with Crippen LogP contribution in [-0.4, -0.2) is 42.2 Å². The van der Waals surface area contributed by atoms with E-state index in [9.17, 15) is 24.4 Å². The quantitative estimate of drug-likeness (QED) is 0.154. The third-order valence-corrected chi connectivity index (χ3v) is 5.80. The van der Waals surface area contributed by atoms with Crippen LogP contribution in [0, 0.1) is 11.3 Å². The van der Waals surface area contributed by atoms with Crippen molar-refractivity contribution in [3.05, 3.63) is 101 Å². The van der Waals surface area contributed by atoms with Gasteiger partial charge < -0.3 is 14.8 Å². The Labute approximate surface area is 218 Å². The summed E-state index contributed by atoms with van der Waals surface area (Å²) in [7, 11) is 1.39. The van der Waals surface area contributed by atoms with Crippen LogP contribution in [0.15, 0.2) is 78.4 Å². The Balaban J connectivity index is 1.38. The van der Waals surface area contributed by atoms with Gasteiger partial charge in [-0.2, -0.15) is 5.26 Å². The molecule has 0 fully saturated rings. The maximum absolute atomic E-state index is 12.5. The fourth-order valence-corrected chi connectivity index (χ4v) is 3.87. The molecule has 0 saturated heterocycles. The van der Waals surface area contributed by atoms with E-state index in [1.165, 1.54) is 25.3 Å². The lowest BCUT2D eigenvalue weighted by molar-refractivity contribution is -0.134. The van der Waals surface area contributed by atoms with Gasteiger partial charge in [-0.3, -0.25) is 24.1 Å². The summed E-state index contributed by atoms with van der Waals surface area (Å²) >= 11 is 0. The highest BCUT2D eigenvalue weighted by Crippen LogP contribution is 2.30. The summed E-state index contributed by atoms with van der Waals surface area (Å²) < 4.78 is 10.7. The van der Waals surface area contributed by atoms with E-state index in [-0.39, 0.29) is 36.6 Å². The van der Waals surface area contributed by atoms with Gasteiger partial charge in [0.2, 0.25) is 0 Å². The van der Waals surface area contributed by atoms with E-state index in [4.69, 9.17) is 9.47 Å². The number of nitrogens with one attached hydrogen (secondary N) is 1. The number of benzene rings is 3. The van der Waals surface area contributed by atoms with Crippen molar-refractivity contribution in [3.63, 3.8) is 0 Å². The smallest absolute Gasteiger partial charge is 0.313 e. The molecule has 1 aliphatic rings. The molecule has 3 amide bonds. The highest BCUT2D eigenvalue weighted by molar-refractivity contribution is 6.21. The average Bonchev–Trinajstić information content (AvgIpc) is 3.19. The summed E-state index contributed by atoms with van der Waals surface area (Å²) in [6, 6.07) is 22.2. The number of carbonyl (C=O) groups is 4. The summed E-state index contributed by atoms with van der Waals surface area (Å²) in [5.41, 5.74) is 1.89. The van der Waals surface area contributed by atoms with Crippen molar-refractivity contribution in [2.24, 2.45) is 0 Å². The monoisotopic (exact) mass is 509 g/mol. The minimum absolute atomic E-state index is 0.103. The number of ether oxygens (including phenoxy) is 2.